The zero-order valence-electron chi connectivity index (χ0n) is 7.42. The molecule has 0 N–H and O–H groups in total. The minimum Gasteiger partial charge on any atom is -0.468 e. The van der Waals surface area contributed by atoms with Crippen molar-refractivity contribution < 1.29 is 19.1 Å². The standard InChI is InChI=1S/C8H12O4/c1-5-4-8(2,6(9)11-3)7(10)12-5/h5H,4H2,1-3H3. The Morgan fingerprint density at radius 1 is 1.75 bits per heavy atom. The lowest BCUT2D eigenvalue weighted by Crippen LogP contribution is -2.33. The number of hydrogen-bond donors (Lipinski definition) is 0. The molecule has 12 heavy (non-hydrogen) atoms. The molecule has 68 valence electrons. The maximum Gasteiger partial charge on any atom is 0.323 e. The van der Waals surface area contributed by atoms with E-state index in [1.165, 1.54) is 7.11 Å². The van der Waals surface area contributed by atoms with E-state index in [0.717, 1.165) is 0 Å². The van der Waals surface area contributed by atoms with Crippen LogP contribution in [-0.4, -0.2) is 25.2 Å². The van der Waals surface area contributed by atoms with Crippen LogP contribution in [0.3, 0.4) is 0 Å². The molecule has 0 aromatic carbocycles. The fraction of sp³-hybridized carbons (Fsp3) is 0.750. The van der Waals surface area contributed by atoms with Crippen LogP contribution in [0.25, 0.3) is 0 Å². The van der Waals surface area contributed by atoms with Gasteiger partial charge in [0.2, 0.25) is 0 Å². The molecular formula is C8H12O4. The van der Waals surface area contributed by atoms with E-state index in [1.54, 1.807) is 13.8 Å². The second-order valence-corrected chi connectivity index (χ2v) is 3.24. The smallest absolute Gasteiger partial charge is 0.323 e. The van der Waals surface area contributed by atoms with Gasteiger partial charge >= 0.3 is 11.9 Å². The van der Waals surface area contributed by atoms with Crippen molar-refractivity contribution in [2.45, 2.75) is 26.4 Å². The highest BCUT2D eigenvalue weighted by Gasteiger charge is 2.50. The summed E-state index contributed by atoms with van der Waals surface area (Å²) in [4.78, 5) is 22.4. The van der Waals surface area contributed by atoms with Gasteiger partial charge in [-0.3, -0.25) is 9.59 Å². The predicted molar refractivity (Wildman–Crippen MR) is 40.3 cm³/mol. The SMILES string of the molecule is COC(=O)C1(C)CC(C)OC1=O. The Morgan fingerprint density at radius 3 is 2.67 bits per heavy atom. The lowest BCUT2D eigenvalue weighted by atomic mass is 9.87. The molecule has 0 aliphatic carbocycles. The first-order valence-corrected chi connectivity index (χ1v) is 3.80. The quantitative estimate of drug-likeness (QED) is 0.427. The van der Waals surface area contributed by atoms with Crippen LogP contribution in [-0.2, 0) is 19.1 Å². The Kier molecular flexibility index (Phi) is 2.08. The van der Waals surface area contributed by atoms with Gasteiger partial charge < -0.3 is 9.47 Å². The third kappa shape index (κ3) is 1.17. The summed E-state index contributed by atoms with van der Waals surface area (Å²) in [5.41, 5.74) is -1.09. The third-order valence-electron chi connectivity index (χ3n) is 2.09. The first-order valence-electron chi connectivity index (χ1n) is 3.80. The van der Waals surface area contributed by atoms with E-state index in [0.29, 0.717) is 6.42 Å². The van der Waals surface area contributed by atoms with E-state index < -0.39 is 17.4 Å². The summed E-state index contributed by atoms with van der Waals surface area (Å²) in [5, 5.41) is 0. The molecule has 4 nitrogen and oxygen atoms in total. The Hall–Kier alpha value is -1.06. The maximum absolute atomic E-state index is 11.2. The molecule has 2 atom stereocenters. The largest absolute Gasteiger partial charge is 0.468 e. The summed E-state index contributed by atoms with van der Waals surface area (Å²) in [6.07, 6.45) is 0.208. The summed E-state index contributed by atoms with van der Waals surface area (Å²) in [6, 6.07) is 0. The van der Waals surface area contributed by atoms with Gasteiger partial charge in [0.25, 0.3) is 0 Å². The molecule has 1 heterocycles. The predicted octanol–water partition coefficient (Wildman–Crippen LogP) is 0.501. The fourth-order valence-corrected chi connectivity index (χ4v) is 1.40. The first-order chi connectivity index (χ1) is 5.50. The highest BCUT2D eigenvalue weighted by Crippen LogP contribution is 2.34. The summed E-state index contributed by atoms with van der Waals surface area (Å²) in [7, 11) is 1.27. The zero-order valence-corrected chi connectivity index (χ0v) is 7.42. The van der Waals surface area contributed by atoms with Crippen LogP contribution in [0.15, 0.2) is 0 Å². The van der Waals surface area contributed by atoms with E-state index in [4.69, 9.17) is 4.74 Å². The minimum absolute atomic E-state index is 0.193. The van der Waals surface area contributed by atoms with Gasteiger partial charge in [-0.05, 0) is 13.8 Å². The number of esters is 2. The molecular weight excluding hydrogens is 160 g/mol. The Balaban J connectivity index is 2.84. The second kappa shape index (κ2) is 2.77. The third-order valence-corrected chi connectivity index (χ3v) is 2.09. The van der Waals surface area contributed by atoms with Gasteiger partial charge in [-0.15, -0.1) is 0 Å². The highest BCUT2D eigenvalue weighted by atomic mass is 16.6. The van der Waals surface area contributed by atoms with Crippen LogP contribution in [0.2, 0.25) is 0 Å². The highest BCUT2D eigenvalue weighted by molar-refractivity contribution is 6.00. The van der Waals surface area contributed by atoms with E-state index in [9.17, 15) is 9.59 Å². The van der Waals surface area contributed by atoms with Crippen LogP contribution < -0.4 is 0 Å². The number of rotatable bonds is 1. The number of carbonyl (C=O) groups excluding carboxylic acids is 2. The Morgan fingerprint density at radius 2 is 2.33 bits per heavy atom. The molecule has 0 radical (unpaired) electrons. The number of ether oxygens (including phenoxy) is 2. The molecule has 1 aliphatic heterocycles. The lowest BCUT2D eigenvalue weighted by molar-refractivity contribution is -0.161. The number of hydrogen-bond acceptors (Lipinski definition) is 4. The summed E-state index contributed by atoms with van der Waals surface area (Å²) >= 11 is 0. The van der Waals surface area contributed by atoms with E-state index in [1.807, 2.05) is 0 Å². The molecule has 0 spiro atoms. The minimum atomic E-state index is -1.09. The Labute approximate surface area is 70.8 Å². The summed E-state index contributed by atoms with van der Waals surface area (Å²) in [5.74, 6) is -1.00. The van der Waals surface area contributed by atoms with E-state index in [-0.39, 0.29) is 6.10 Å². The summed E-state index contributed by atoms with van der Waals surface area (Å²) < 4.78 is 9.38. The number of methoxy groups -OCH3 is 1. The van der Waals surface area contributed by atoms with Crippen molar-refractivity contribution in [2.24, 2.45) is 5.41 Å². The van der Waals surface area contributed by atoms with Gasteiger partial charge in [-0.25, -0.2) is 0 Å². The van der Waals surface area contributed by atoms with Gasteiger partial charge in [0.05, 0.1) is 7.11 Å². The number of cyclic esters (lactones) is 1. The van der Waals surface area contributed by atoms with Crippen molar-refractivity contribution in [1.29, 1.82) is 0 Å². The zero-order chi connectivity index (χ0) is 9.35. The van der Waals surface area contributed by atoms with Crippen LogP contribution in [0.1, 0.15) is 20.3 Å². The topological polar surface area (TPSA) is 52.6 Å². The number of carbonyl (C=O) groups is 2. The van der Waals surface area contributed by atoms with E-state index in [2.05, 4.69) is 4.74 Å². The Bertz CT molecular complexity index is 213. The first kappa shape index (κ1) is 9.03. The monoisotopic (exact) mass is 172 g/mol. The molecule has 2 unspecified atom stereocenters. The average molecular weight is 172 g/mol. The van der Waals surface area contributed by atoms with Gasteiger partial charge in [0.15, 0.2) is 5.41 Å². The van der Waals surface area contributed by atoms with Crippen molar-refractivity contribution in [1.82, 2.24) is 0 Å². The van der Waals surface area contributed by atoms with Gasteiger partial charge in [-0.1, -0.05) is 0 Å². The molecule has 0 saturated carbocycles. The van der Waals surface area contributed by atoms with Crippen LogP contribution in [0.5, 0.6) is 0 Å². The van der Waals surface area contributed by atoms with Crippen LogP contribution >= 0.6 is 0 Å². The van der Waals surface area contributed by atoms with Crippen molar-refractivity contribution >= 4 is 11.9 Å². The van der Waals surface area contributed by atoms with Crippen LogP contribution in [0.4, 0.5) is 0 Å². The molecule has 0 aromatic heterocycles. The van der Waals surface area contributed by atoms with Crippen molar-refractivity contribution in [2.75, 3.05) is 7.11 Å². The molecule has 1 rings (SSSR count). The van der Waals surface area contributed by atoms with Crippen molar-refractivity contribution in [3.05, 3.63) is 0 Å². The molecule has 1 fully saturated rings. The van der Waals surface area contributed by atoms with Crippen molar-refractivity contribution in [3.63, 3.8) is 0 Å². The van der Waals surface area contributed by atoms with Crippen molar-refractivity contribution in [3.8, 4) is 0 Å². The summed E-state index contributed by atoms with van der Waals surface area (Å²) in [6.45, 7) is 3.30. The van der Waals surface area contributed by atoms with E-state index >= 15 is 0 Å². The molecule has 0 bridgehead atoms. The molecule has 0 amide bonds. The molecule has 1 aliphatic rings. The van der Waals surface area contributed by atoms with Gasteiger partial charge in [-0.2, -0.15) is 0 Å². The molecule has 1 saturated heterocycles. The van der Waals surface area contributed by atoms with Gasteiger partial charge in [0.1, 0.15) is 6.10 Å². The lowest BCUT2D eigenvalue weighted by Gasteiger charge is -2.14. The second-order valence-electron chi connectivity index (χ2n) is 3.24. The van der Waals surface area contributed by atoms with Crippen LogP contribution in [0, 0.1) is 5.41 Å². The van der Waals surface area contributed by atoms with Gasteiger partial charge in [0, 0.05) is 6.42 Å². The molecule has 4 heteroatoms. The fourth-order valence-electron chi connectivity index (χ4n) is 1.40. The average Bonchev–Trinajstić information content (AvgIpc) is 2.26. The molecule has 0 aromatic rings. The maximum atomic E-state index is 11.2. The normalized spacial score (nSPS) is 34.6.